The molecule has 1 heterocycles. The monoisotopic (exact) mass is 343 g/mol. The van der Waals surface area contributed by atoms with Gasteiger partial charge in [0.1, 0.15) is 0 Å². The maximum Gasteiger partial charge on any atom is 0.321 e. The summed E-state index contributed by atoms with van der Waals surface area (Å²) in [5, 5.41) is 8.04. The highest BCUT2D eigenvalue weighted by Gasteiger charge is 2.19. The SMILES string of the molecule is CCCNC(=O)NC(=O)c1nc2cc(C)c(C)cc2nc1NCCC. The Morgan fingerprint density at radius 3 is 2.16 bits per heavy atom. The highest BCUT2D eigenvalue weighted by atomic mass is 16.2. The lowest BCUT2D eigenvalue weighted by atomic mass is 10.1. The summed E-state index contributed by atoms with van der Waals surface area (Å²) in [6.45, 7) is 9.11. The van der Waals surface area contributed by atoms with Crippen LogP contribution < -0.4 is 16.0 Å². The van der Waals surface area contributed by atoms with Crippen molar-refractivity contribution in [2.24, 2.45) is 0 Å². The normalized spacial score (nSPS) is 10.6. The van der Waals surface area contributed by atoms with Gasteiger partial charge in [0.05, 0.1) is 11.0 Å². The maximum atomic E-state index is 12.5. The summed E-state index contributed by atoms with van der Waals surface area (Å²) in [4.78, 5) is 33.2. The lowest BCUT2D eigenvalue weighted by Crippen LogP contribution is -2.40. The first-order valence-electron chi connectivity index (χ1n) is 8.58. The number of carbonyl (C=O) groups is 2. The van der Waals surface area contributed by atoms with Crippen LogP contribution in [0, 0.1) is 13.8 Å². The summed E-state index contributed by atoms with van der Waals surface area (Å²) in [5.41, 5.74) is 3.65. The van der Waals surface area contributed by atoms with E-state index in [1.54, 1.807) is 0 Å². The van der Waals surface area contributed by atoms with Gasteiger partial charge in [0, 0.05) is 13.1 Å². The fourth-order valence-corrected chi connectivity index (χ4v) is 2.28. The van der Waals surface area contributed by atoms with Gasteiger partial charge in [-0.25, -0.2) is 14.8 Å². The van der Waals surface area contributed by atoms with Crippen molar-refractivity contribution >= 4 is 28.8 Å². The van der Waals surface area contributed by atoms with E-state index < -0.39 is 11.9 Å². The van der Waals surface area contributed by atoms with E-state index in [4.69, 9.17) is 0 Å². The van der Waals surface area contributed by atoms with Gasteiger partial charge < -0.3 is 10.6 Å². The number of rotatable bonds is 6. The van der Waals surface area contributed by atoms with Crippen molar-refractivity contribution < 1.29 is 9.59 Å². The van der Waals surface area contributed by atoms with Crippen LogP contribution in [0.15, 0.2) is 12.1 Å². The van der Waals surface area contributed by atoms with Crippen LogP contribution in [0.25, 0.3) is 11.0 Å². The molecule has 0 saturated carbocycles. The number of urea groups is 1. The van der Waals surface area contributed by atoms with Crippen LogP contribution in [0.4, 0.5) is 10.6 Å². The van der Waals surface area contributed by atoms with Crippen LogP contribution in [0.5, 0.6) is 0 Å². The molecule has 0 aliphatic rings. The molecule has 1 aromatic heterocycles. The third-order valence-electron chi connectivity index (χ3n) is 3.80. The fraction of sp³-hybridized carbons (Fsp3) is 0.444. The van der Waals surface area contributed by atoms with E-state index in [0.717, 1.165) is 24.0 Å². The van der Waals surface area contributed by atoms with Gasteiger partial charge in [0.2, 0.25) is 0 Å². The zero-order valence-electron chi connectivity index (χ0n) is 15.2. The van der Waals surface area contributed by atoms with Crippen molar-refractivity contribution in [2.45, 2.75) is 40.5 Å². The molecule has 2 aromatic rings. The number of nitrogens with zero attached hydrogens (tertiary/aromatic N) is 2. The van der Waals surface area contributed by atoms with E-state index >= 15 is 0 Å². The van der Waals surface area contributed by atoms with Gasteiger partial charge in [0.15, 0.2) is 11.5 Å². The summed E-state index contributed by atoms with van der Waals surface area (Å²) in [6.07, 6.45) is 1.67. The van der Waals surface area contributed by atoms with E-state index in [9.17, 15) is 9.59 Å². The van der Waals surface area contributed by atoms with Gasteiger partial charge >= 0.3 is 6.03 Å². The molecule has 25 heavy (non-hydrogen) atoms. The van der Waals surface area contributed by atoms with E-state index in [0.29, 0.717) is 29.9 Å². The number of amides is 3. The van der Waals surface area contributed by atoms with E-state index in [2.05, 4.69) is 25.9 Å². The van der Waals surface area contributed by atoms with E-state index in [-0.39, 0.29) is 5.69 Å². The van der Waals surface area contributed by atoms with Crippen molar-refractivity contribution in [3.63, 3.8) is 0 Å². The molecule has 0 unspecified atom stereocenters. The van der Waals surface area contributed by atoms with Crippen molar-refractivity contribution in [1.82, 2.24) is 20.6 Å². The Kier molecular flexibility index (Phi) is 6.27. The molecule has 3 amide bonds. The van der Waals surface area contributed by atoms with Crippen LogP contribution in [-0.4, -0.2) is 35.0 Å². The molecule has 0 bridgehead atoms. The second-order valence-electron chi connectivity index (χ2n) is 5.98. The number of aromatic nitrogens is 2. The first-order chi connectivity index (χ1) is 12.0. The van der Waals surface area contributed by atoms with Gasteiger partial charge in [-0.3, -0.25) is 10.1 Å². The molecule has 0 radical (unpaired) electrons. The molecule has 0 fully saturated rings. The molecule has 7 heteroatoms. The second kappa shape index (κ2) is 8.41. The van der Waals surface area contributed by atoms with Crippen LogP contribution >= 0.6 is 0 Å². The molecule has 0 aliphatic carbocycles. The van der Waals surface area contributed by atoms with Crippen LogP contribution in [-0.2, 0) is 0 Å². The van der Waals surface area contributed by atoms with Gasteiger partial charge in [-0.1, -0.05) is 13.8 Å². The first kappa shape index (κ1) is 18.6. The Labute approximate surface area is 147 Å². The van der Waals surface area contributed by atoms with Crippen molar-refractivity contribution in [3.8, 4) is 0 Å². The second-order valence-corrected chi connectivity index (χ2v) is 5.98. The minimum Gasteiger partial charge on any atom is -0.368 e. The number of fused-ring (bicyclic) bond motifs is 1. The molecule has 0 aliphatic heterocycles. The Hall–Kier alpha value is -2.70. The number of carbonyl (C=O) groups excluding carboxylic acids is 2. The minimum absolute atomic E-state index is 0.121. The van der Waals surface area contributed by atoms with Gasteiger partial charge in [-0.2, -0.15) is 0 Å². The predicted octanol–water partition coefficient (Wildman–Crippen LogP) is 2.92. The molecular formula is C18H25N5O2. The molecule has 3 N–H and O–H groups in total. The quantitative estimate of drug-likeness (QED) is 0.749. The smallest absolute Gasteiger partial charge is 0.321 e. The van der Waals surface area contributed by atoms with Gasteiger partial charge in [-0.15, -0.1) is 0 Å². The van der Waals surface area contributed by atoms with E-state index in [1.807, 2.05) is 39.8 Å². The zero-order valence-corrected chi connectivity index (χ0v) is 15.2. The number of anilines is 1. The van der Waals surface area contributed by atoms with Crippen LogP contribution in [0.2, 0.25) is 0 Å². The summed E-state index contributed by atoms with van der Waals surface area (Å²) >= 11 is 0. The molecule has 0 saturated heterocycles. The molecule has 2 rings (SSSR count). The van der Waals surface area contributed by atoms with Gasteiger partial charge in [0.25, 0.3) is 5.91 Å². The number of nitrogens with one attached hydrogen (secondary N) is 3. The lowest BCUT2D eigenvalue weighted by molar-refractivity contribution is 0.0960. The molecule has 1 aromatic carbocycles. The Morgan fingerprint density at radius 2 is 1.56 bits per heavy atom. The zero-order chi connectivity index (χ0) is 18.4. The van der Waals surface area contributed by atoms with Crippen LogP contribution in [0.3, 0.4) is 0 Å². The average Bonchev–Trinajstić information content (AvgIpc) is 2.58. The fourth-order valence-electron chi connectivity index (χ4n) is 2.28. The number of hydrogen-bond acceptors (Lipinski definition) is 5. The predicted molar refractivity (Wildman–Crippen MR) is 98.9 cm³/mol. The molecule has 0 atom stereocenters. The first-order valence-corrected chi connectivity index (χ1v) is 8.58. The van der Waals surface area contributed by atoms with Crippen molar-refractivity contribution in [2.75, 3.05) is 18.4 Å². The number of hydrogen-bond donors (Lipinski definition) is 3. The van der Waals surface area contributed by atoms with E-state index in [1.165, 1.54) is 0 Å². The Morgan fingerprint density at radius 1 is 0.960 bits per heavy atom. The Balaban J connectivity index is 2.38. The lowest BCUT2D eigenvalue weighted by Gasteiger charge is -2.12. The third kappa shape index (κ3) is 4.65. The largest absolute Gasteiger partial charge is 0.368 e. The summed E-state index contributed by atoms with van der Waals surface area (Å²) in [7, 11) is 0. The molecular weight excluding hydrogens is 318 g/mol. The average molecular weight is 343 g/mol. The van der Waals surface area contributed by atoms with Crippen molar-refractivity contribution in [1.29, 1.82) is 0 Å². The van der Waals surface area contributed by atoms with Gasteiger partial charge in [-0.05, 0) is 49.9 Å². The molecule has 134 valence electrons. The van der Waals surface area contributed by atoms with Crippen LogP contribution in [0.1, 0.15) is 48.3 Å². The summed E-state index contributed by atoms with van der Waals surface area (Å²) in [6, 6.07) is 3.31. The molecule has 0 spiro atoms. The maximum absolute atomic E-state index is 12.5. The highest BCUT2D eigenvalue weighted by molar-refractivity contribution is 6.06. The van der Waals surface area contributed by atoms with Crippen molar-refractivity contribution in [3.05, 3.63) is 29.0 Å². The third-order valence-corrected chi connectivity index (χ3v) is 3.80. The summed E-state index contributed by atoms with van der Waals surface area (Å²) in [5.74, 6) is -0.182. The molecule has 7 nitrogen and oxygen atoms in total. The standard InChI is InChI=1S/C18H25N5O2/c1-5-7-19-16-15(17(24)23-18(25)20-8-6-2)21-13-9-11(3)12(4)10-14(13)22-16/h9-10H,5-8H2,1-4H3,(H,19,22)(H2,20,23,24,25). The number of aryl methyl sites for hydroxylation is 2. The minimum atomic E-state index is -0.570. The highest BCUT2D eigenvalue weighted by Crippen LogP contribution is 2.20. The Bertz CT molecular complexity index is 789. The number of benzene rings is 1. The topological polar surface area (TPSA) is 96.0 Å². The number of imide groups is 1. The summed E-state index contributed by atoms with van der Waals surface area (Å²) < 4.78 is 0.